The molecule has 0 saturated carbocycles. The number of rotatable bonds is 18. The van der Waals surface area contributed by atoms with Gasteiger partial charge in [-0.15, -0.1) is 0 Å². The number of phosphoric acid groups is 1. The Morgan fingerprint density at radius 3 is 2.12 bits per heavy atom. The molecule has 0 saturated heterocycles. The number of benzene rings is 3. The first-order valence-corrected chi connectivity index (χ1v) is 16.8. The van der Waals surface area contributed by atoms with E-state index < -0.39 is 7.82 Å². The van der Waals surface area contributed by atoms with E-state index in [4.69, 9.17) is 13.8 Å². The predicted molar refractivity (Wildman–Crippen MR) is 160 cm³/mol. The summed E-state index contributed by atoms with van der Waals surface area (Å²) in [4.78, 5) is 12.7. The van der Waals surface area contributed by atoms with Crippen molar-refractivity contribution in [2.45, 2.75) is 77.7 Å². The van der Waals surface area contributed by atoms with Crippen LogP contribution in [0.25, 0.3) is 10.8 Å². The van der Waals surface area contributed by atoms with E-state index in [0.717, 1.165) is 28.5 Å². The normalized spacial score (nSPS) is 12.8. The van der Waals surface area contributed by atoms with Crippen molar-refractivity contribution >= 4 is 29.9 Å². The summed E-state index contributed by atoms with van der Waals surface area (Å²) in [6.45, 7) is 3.55. The lowest BCUT2D eigenvalue weighted by molar-refractivity contribution is -0.683. The Kier molecular flexibility index (Phi) is 11.9. The summed E-state index contributed by atoms with van der Waals surface area (Å²) in [5, 5.41) is 3.80. The number of nitrogens with zero attached hydrogens (tertiary/aromatic N) is 1. The van der Waals surface area contributed by atoms with Gasteiger partial charge in [-0.3, -0.25) is 0 Å². The van der Waals surface area contributed by atoms with Gasteiger partial charge in [0.1, 0.15) is 17.2 Å². The van der Waals surface area contributed by atoms with Crippen molar-refractivity contribution in [3.63, 3.8) is 0 Å². The van der Waals surface area contributed by atoms with Crippen LogP contribution in [0.3, 0.4) is 0 Å². The minimum absolute atomic E-state index is 0.197. The number of fused-ring (bicyclic) bond motifs is 1. The van der Waals surface area contributed by atoms with Crippen LogP contribution >= 0.6 is 19.2 Å². The maximum absolute atomic E-state index is 12.7. The number of aromatic nitrogens is 1. The van der Waals surface area contributed by atoms with Crippen molar-refractivity contribution in [3.8, 4) is 17.2 Å². The van der Waals surface area contributed by atoms with Crippen LogP contribution in [0.5, 0.6) is 17.2 Å². The first kappa shape index (κ1) is 30.1. The molecular weight excluding hydrogens is 541 g/mol. The number of phosphoric ester groups is 1. The van der Waals surface area contributed by atoms with Gasteiger partial charge in [-0.2, -0.15) is 4.57 Å². The number of hydrogen-bond donors (Lipinski definition) is 0. The molecule has 1 atom stereocenters. The molecule has 4 aromatic rings. The fraction of sp³-hybridized carbons (Fsp3) is 0.406. The maximum Gasteiger partial charge on any atom is 0.372 e. The highest BCUT2D eigenvalue weighted by atomic mass is 32.1. The van der Waals surface area contributed by atoms with E-state index >= 15 is 0 Å². The fourth-order valence-electron chi connectivity index (χ4n) is 4.67. The third-order valence-electron chi connectivity index (χ3n) is 6.77. The zero-order valence-electron chi connectivity index (χ0n) is 23.3. The van der Waals surface area contributed by atoms with E-state index in [1.165, 1.54) is 57.8 Å². The average molecular weight is 582 g/mol. The highest BCUT2D eigenvalue weighted by Gasteiger charge is 2.15. The summed E-state index contributed by atoms with van der Waals surface area (Å²) in [7, 11) is -4.64. The van der Waals surface area contributed by atoms with Crippen molar-refractivity contribution in [1.82, 2.24) is 0 Å². The molecule has 8 heteroatoms. The Hall–Kier alpha value is -2.86. The zero-order chi connectivity index (χ0) is 28.0. The summed E-state index contributed by atoms with van der Waals surface area (Å²) in [5.41, 5.74) is 2.92. The van der Waals surface area contributed by atoms with Crippen LogP contribution in [0.2, 0.25) is 0 Å². The van der Waals surface area contributed by atoms with Gasteiger partial charge in [0.25, 0.3) is 0 Å². The van der Waals surface area contributed by atoms with Gasteiger partial charge in [0.2, 0.25) is 5.51 Å². The zero-order valence-corrected chi connectivity index (χ0v) is 25.0. The van der Waals surface area contributed by atoms with Gasteiger partial charge in [-0.1, -0.05) is 100 Å². The molecule has 1 unspecified atom stereocenters. The lowest BCUT2D eigenvalue weighted by Gasteiger charge is -2.24. The number of hydrogen-bond acceptors (Lipinski definition) is 6. The molecular formula is C32H40NO5PS. The van der Waals surface area contributed by atoms with Crippen molar-refractivity contribution < 1.29 is 27.8 Å². The summed E-state index contributed by atoms with van der Waals surface area (Å²) in [6, 6.07) is 18.0. The largest absolute Gasteiger partial charge is 0.736 e. The van der Waals surface area contributed by atoms with Gasteiger partial charge >= 0.3 is 7.82 Å². The Balaban J connectivity index is 1.24. The second-order valence-electron chi connectivity index (χ2n) is 10.2. The van der Waals surface area contributed by atoms with Crippen LogP contribution in [-0.4, -0.2) is 6.61 Å². The van der Waals surface area contributed by atoms with Crippen LogP contribution in [0.1, 0.15) is 76.7 Å². The molecule has 6 nitrogen and oxygen atoms in total. The molecule has 4 rings (SSSR count). The Morgan fingerprint density at radius 1 is 0.775 bits per heavy atom. The summed E-state index contributed by atoms with van der Waals surface area (Å²) < 4.78 is 31.2. The highest BCUT2D eigenvalue weighted by Crippen LogP contribution is 2.41. The van der Waals surface area contributed by atoms with Crippen molar-refractivity contribution in [2.75, 3.05) is 6.61 Å². The van der Waals surface area contributed by atoms with Crippen LogP contribution in [0.15, 0.2) is 77.8 Å². The highest BCUT2D eigenvalue weighted by molar-refractivity contribution is 7.46. The van der Waals surface area contributed by atoms with E-state index in [1.807, 2.05) is 52.0 Å². The van der Waals surface area contributed by atoms with Gasteiger partial charge in [0, 0.05) is 5.56 Å². The van der Waals surface area contributed by atoms with Gasteiger partial charge in [0.15, 0.2) is 12.7 Å². The molecule has 0 radical (unpaired) electrons. The summed E-state index contributed by atoms with van der Waals surface area (Å²) in [5.74, 6) is 1.18. The molecule has 0 aliphatic heterocycles. The molecule has 0 bridgehead atoms. The van der Waals surface area contributed by atoms with Crippen molar-refractivity contribution in [2.24, 2.45) is 0 Å². The van der Waals surface area contributed by atoms with Gasteiger partial charge < -0.3 is 18.7 Å². The molecule has 0 N–H and O–H groups in total. The second-order valence-corrected chi connectivity index (χ2v) is 12.2. The van der Waals surface area contributed by atoms with E-state index in [0.29, 0.717) is 13.2 Å². The lowest BCUT2D eigenvalue weighted by atomic mass is 10.1. The molecule has 0 spiro atoms. The van der Waals surface area contributed by atoms with E-state index in [-0.39, 0.29) is 11.5 Å². The van der Waals surface area contributed by atoms with Gasteiger partial charge in [0.05, 0.1) is 12.0 Å². The Labute approximate surface area is 242 Å². The minimum Gasteiger partial charge on any atom is -0.736 e. The van der Waals surface area contributed by atoms with E-state index in [1.54, 1.807) is 41.7 Å². The lowest BCUT2D eigenvalue weighted by Crippen LogP contribution is -2.30. The second kappa shape index (κ2) is 15.8. The number of unbranched alkanes of at least 4 members (excludes halogenated alkanes) is 9. The number of thiazole rings is 1. The molecule has 214 valence electrons. The molecule has 0 aliphatic carbocycles. The maximum atomic E-state index is 12.7. The molecule has 40 heavy (non-hydrogen) atoms. The summed E-state index contributed by atoms with van der Waals surface area (Å²) >= 11 is 1.60. The molecule has 1 aromatic heterocycles. The minimum atomic E-state index is -4.64. The molecule has 0 fully saturated rings. The monoisotopic (exact) mass is 581 g/mol. The standard InChI is InChI=1S/C32H40NO5PS/c1-2-3-4-5-6-7-8-9-10-11-20-36-30-17-15-28-16-18-32(24-29(28)23-30)38-39(34,35)37-31-14-12-13-27(22-31)25-33-19-21-40-26-33/h12-19,21-24,26H,2-11,20,25H2,1H3. The topological polar surface area (TPSA) is 71.7 Å². The van der Waals surface area contributed by atoms with E-state index in [2.05, 4.69) is 6.92 Å². The van der Waals surface area contributed by atoms with Gasteiger partial charge in [-0.25, -0.2) is 4.57 Å². The van der Waals surface area contributed by atoms with Crippen LogP contribution < -0.4 is 23.2 Å². The number of ether oxygens (including phenoxy) is 1. The van der Waals surface area contributed by atoms with Crippen molar-refractivity contribution in [1.29, 1.82) is 0 Å². The van der Waals surface area contributed by atoms with Gasteiger partial charge in [-0.05, 0) is 53.6 Å². The molecule has 0 amide bonds. The first-order valence-electron chi connectivity index (χ1n) is 14.4. The smallest absolute Gasteiger partial charge is 0.372 e. The third kappa shape index (κ3) is 10.3. The fourth-order valence-corrected chi connectivity index (χ4v) is 6.05. The van der Waals surface area contributed by atoms with E-state index in [9.17, 15) is 9.46 Å². The third-order valence-corrected chi connectivity index (χ3v) is 8.32. The average Bonchev–Trinajstić information content (AvgIpc) is 3.44. The van der Waals surface area contributed by atoms with Crippen LogP contribution in [-0.2, 0) is 11.1 Å². The Morgan fingerprint density at radius 2 is 1.43 bits per heavy atom. The predicted octanol–water partition coefficient (Wildman–Crippen LogP) is 8.46. The molecule has 3 aromatic carbocycles. The SMILES string of the molecule is CCCCCCCCCCCCOc1ccc2ccc(OP(=O)([O-])Oc3cccc(C[n+]4ccsc4)c3)cc2c1. The molecule has 1 heterocycles. The molecule has 0 aliphatic rings. The summed E-state index contributed by atoms with van der Waals surface area (Å²) in [6.07, 6.45) is 14.8. The van der Waals surface area contributed by atoms with Crippen LogP contribution in [0, 0.1) is 0 Å². The quantitative estimate of drug-likeness (QED) is 0.0670. The first-order chi connectivity index (χ1) is 19.5. The van der Waals surface area contributed by atoms with Crippen LogP contribution in [0.4, 0.5) is 0 Å². The van der Waals surface area contributed by atoms with Crippen molar-refractivity contribution in [3.05, 3.63) is 83.3 Å². The Bertz CT molecular complexity index is 1360.